The molecule has 156 valence electrons. The molecule has 2 aliphatic rings. The predicted molar refractivity (Wildman–Crippen MR) is 102 cm³/mol. The summed E-state index contributed by atoms with van der Waals surface area (Å²) in [4.78, 5) is 15.4. The maximum Gasteiger partial charge on any atom is 0.421 e. The smallest absolute Gasteiger partial charge is 0.376 e. The predicted octanol–water partition coefficient (Wildman–Crippen LogP) is 5.56. The minimum absolute atomic E-state index is 0.0861. The number of alkyl halides is 3. The van der Waals surface area contributed by atoms with Crippen molar-refractivity contribution >= 4 is 5.91 Å². The second kappa shape index (κ2) is 8.44. The van der Waals surface area contributed by atoms with Gasteiger partial charge in [-0.3, -0.25) is 4.79 Å². The van der Waals surface area contributed by atoms with Gasteiger partial charge in [0.1, 0.15) is 0 Å². The van der Waals surface area contributed by atoms with Gasteiger partial charge in [0.25, 0.3) is 5.91 Å². The molecule has 0 aromatic heterocycles. The summed E-state index contributed by atoms with van der Waals surface area (Å²) in [7, 11) is 0. The molecule has 1 atom stereocenters. The van der Waals surface area contributed by atoms with Gasteiger partial charge in [-0.2, -0.15) is 13.2 Å². The summed E-state index contributed by atoms with van der Waals surface area (Å²) in [6.07, 6.45) is 6.12. The van der Waals surface area contributed by atoms with E-state index in [1.54, 1.807) is 0 Å². The van der Waals surface area contributed by atoms with Crippen LogP contribution in [-0.2, 0) is 5.60 Å². The molecule has 0 aliphatic heterocycles. The molecule has 0 radical (unpaired) electrons. The van der Waals surface area contributed by atoms with Crippen molar-refractivity contribution in [3.8, 4) is 0 Å². The van der Waals surface area contributed by atoms with Crippen LogP contribution in [0.1, 0.15) is 87.1 Å². The topological polar surface area (TPSA) is 40.5 Å². The van der Waals surface area contributed by atoms with Crippen LogP contribution in [0.2, 0.25) is 0 Å². The lowest BCUT2D eigenvalue weighted by Crippen LogP contribution is -2.48. The van der Waals surface area contributed by atoms with Crippen LogP contribution in [0.4, 0.5) is 13.2 Å². The number of nitrogens with zero attached hydrogens (tertiary/aromatic N) is 1. The summed E-state index contributed by atoms with van der Waals surface area (Å²) >= 11 is 0. The maximum absolute atomic E-state index is 13.3. The third kappa shape index (κ3) is 4.37. The molecule has 0 bridgehead atoms. The first-order chi connectivity index (χ1) is 13.2. The highest BCUT2D eigenvalue weighted by molar-refractivity contribution is 5.94. The van der Waals surface area contributed by atoms with Crippen LogP contribution in [-0.4, -0.2) is 34.2 Å². The number of hydrogen-bond acceptors (Lipinski definition) is 2. The first-order valence-corrected chi connectivity index (χ1v) is 10.4. The standard InChI is InChI=1S/C22H30F3NO2/c1-21(28,22(23,24)25)17-14-12-16(13-15-17)20(27)26(18-8-4-2-5-9-18)19-10-6-3-7-11-19/h12-15,18-19,28H,2-11H2,1H3. The van der Waals surface area contributed by atoms with Gasteiger partial charge in [0, 0.05) is 17.6 Å². The average Bonchev–Trinajstić information content (AvgIpc) is 2.69. The maximum atomic E-state index is 13.3. The van der Waals surface area contributed by atoms with Crippen LogP contribution in [0.5, 0.6) is 0 Å². The van der Waals surface area contributed by atoms with Gasteiger partial charge in [-0.25, -0.2) is 0 Å². The van der Waals surface area contributed by atoms with E-state index in [0.29, 0.717) is 5.56 Å². The molecule has 3 nitrogen and oxygen atoms in total. The second-order valence-corrected chi connectivity index (χ2v) is 8.44. The van der Waals surface area contributed by atoms with E-state index >= 15 is 0 Å². The van der Waals surface area contributed by atoms with Crippen LogP contribution in [0, 0.1) is 0 Å². The minimum atomic E-state index is -4.77. The largest absolute Gasteiger partial charge is 0.421 e. The fourth-order valence-corrected chi connectivity index (χ4v) is 4.60. The molecule has 1 aromatic carbocycles. The molecule has 6 heteroatoms. The lowest BCUT2D eigenvalue weighted by atomic mass is 9.88. The van der Waals surface area contributed by atoms with Crippen molar-refractivity contribution in [2.45, 2.75) is 95.0 Å². The molecule has 1 N–H and O–H groups in total. The van der Waals surface area contributed by atoms with Gasteiger partial charge in [-0.05, 0) is 50.3 Å². The van der Waals surface area contributed by atoms with Crippen LogP contribution >= 0.6 is 0 Å². The third-order valence-electron chi connectivity index (χ3n) is 6.42. The number of carbonyl (C=O) groups excluding carboxylic acids is 1. The van der Waals surface area contributed by atoms with Crippen molar-refractivity contribution < 1.29 is 23.1 Å². The Morgan fingerprint density at radius 2 is 1.32 bits per heavy atom. The van der Waals surface area contributed by atoms with Crippen molar-refractivity contribution in [1.82, 2.24) is 4.90 Å². The molecule has 0 saturated heterocycles. The second-order valence-electron chi connectivity index (χ2n) is 8.44. The molecule has 0 heterocycles. The Morgan fingerprint density at radius 3 is 1.71 bits per heavy atom. The van der Waals surface area contributed by atoms with E-state index in [2.05, 4.69) is 0 Å². The van der Waals surface area contributed by atoms with Gasteiger partial charge in [0.2, 0.25) is 0 Å². The van der Waals surface area contributed by atoms with Crippen LogP contribution in [0.15, 0.2) is 24.3 Å². The average molecular weight is 397 g/mol. The summed E-state index contributed by atoms with van der Waals surface area (Å²) in [5, 5.41) is 9.85. The normalized spacial score (nSPS) is 21.9. The van der Waals surface area contributed by atoms with Gasteiger partial charge in [-0.15, -0.1) is 0 Å². The van der Waals surface area contributed by atoms with Crippen molar-refractivity contribution in [3.05, 3.63) is 35.4 Å². The molecule has 0 spiro atoms. The third-order valence-corrected chi connectivity index (χ3v) is 6.42. The minimum Gasteiger partial charge on any atom is -0.376 e. The number of rotatable bonds is 4. The van der Waals surface area contributed by atoms with E-state index in [1.807, 2.05) is 4.90 Å². The molecule has 1 amide bonds. The molecule has 28 heavy (non-hydrogen) atoms. The Bertz CT molecular complexity index is 639. The van der Waals surface area contributed by atoms with Crippen molar-refractivity contribution in [2.24, 2.45) is 0 Å². The van der Waals surface area contributed by atoms with E-state index in [4.69, 9.17) is 0 Å². The highest BCUT2D eigenvalue weighted by atomic mass is 19.4. The van der Waals surface area contributed by atoms with E-state index in [9.17, 15) is 23.1 Å². The zero-order chi connectivity index (χ0) is 20.4. The van der Waals surface area contributed by atoms with E-state index in [-0.39, 0.29) is 23.6 Å². The lowest BCUT2D eigenvalue weighted by Gasteiger charge is -2.42. The quantitative estimate of drug-likeness (QED) is 0.722. The molecular weight excluding hydrogens is 367 g/mol. The number of benzene rings is 1. The molecule has 1 unspecified atom stereocenters. The summed E-state index contributed by atoms with van der Waals surface area (Å²) in [5.41, 5.74) is -2.78. The monoisotopic (exact) mass is 397 g/mol. The summed E-state index contributed by atoms with van der Waals surface area (Å²) in [5.74, 6) is -0.0861. The van der Waals surface area contributed by atoms with Gasteiger partial charge in [0.05, 0.1) is 0 Å². The zero-order valence-electron chi connectivity index (χ0n) is 16.5. The zero-order valence-corrected chi connectivity index (χ0v) is 16.5. The Morgan fingerprint density at radius 1 is 0.893 bits per heavy atom. The summed E-state index contributed by atoms with van der Waals surface area (Å²) < 4.78 is 39.2. The van der Waals surface area contributed by atoms with Crippen molar-refractivity contribution in [1.29, 1.82) is 0 Å². The molecule has 1 aromatic rings. The van der Waals surface area contributed by atoms with E-state index < -0.39 is 11.8 Å². The Labute approximate surface area is 164 Å². The number of hydrogen-bond donors (Lipinski definition) is 1. The number of carbonyl (C=O) groups is 1. The molecule has 2 saturated carbocycles. The van der Waals surface area contributed by atoms with Gasteiger partial charge >= 0.3 is 6.18 Å². The SMILES string of the molecule is CC(O)(c1ccc(C(=O)N(C2CCCCC2)C2CCCCC2)cc1)C(F)(F)F. The van der Waals surface area contributed by atoms with Crippen molar-refractivity contribution in [2.75, 3.05) is 0 Å². The fraction of sp³-hybridized carbons (Fsp3) is 0.682. The van der Waals surface area contributed by atoms with Gasteiger partial charge < -0.3 is 10.0 Å². The summed E-state index contributed by atoms with van der Waals surface area (Å²) in [6.45, 7) is 0.736. The number of aliphatic hydroxyl groups is 1. The first kappa shape index (κ1) is 21.2. The molecule has 2 aliphatic carbocycles. The summed E-state index contributed by atoms with van der Waals surface area (Å²) in [6, 6.07) is 5.75. The fourth-order valence-electron chi connectivity index (χ4n) is 4.60. The van der Waals surface area contributed by atoms with Crippen molar-refractivity contribution in [3.63, 3.8) is 0 Å². The highest BCUT2D eigenvalue weighted by Gasteiger charge is 2.51. The number of amides is 1. The number of halogens is 3. The van der Waals surface area contributed by atoms with E-state index in [0.717, 1.165) is 58.3 Å². The van der Waals surface area contributed by atoms with Gasteiger partial charge in [-0.1, -0.05) is 50.7 Å². The van der Waals surface area contributed by atoms with Crippen LogP contribution < -0.4 is 0 Å². The Balaban J connectivity index is 1.84. The molecule has 2 fully saturated rings. The Hall–Kier alpha value is -1.56. The van der Waals surface area contributed by atoms with E-state index in [1.165, 1.54) is 37.1 Å². The molecule has 3 rings (SSSR count). The Kier molecular flexibility index (Phi) is 6.37. The first-order valence-electron chi connectivity index (χ1n) is 10.4. The highest BCUT2D eigenvalue weighted by Crippen LogP contribution is 2.38. The molecular formula is C22H30F3NO2. The lowest BCUT2D eigenvalue weighted by molar-refractivity contribution is -0.258. The van der Waals surface area contributed by atoms with Crippen LogP contribution in [0.25, 0.3) is 0 Å². The van der Waals surface area contributed by atoms with Gasteiger partial charge in [0.15, 0.2) is 5.60 Å². The van der Waals surface area contributed by atoms with Crippen LogP contribution in [0.3, 0.4) is 0 Å².